The number of carbonyl (C=O) groups is 1. The molecule has 0 bridgehead atoms. The normalized spacial score (nSPS) is 11.1. The van der Waals surface area contributed by atoms with Crippen LogP contribution in [0.25, 0.3) is 0 Å². The van der Waals surface area contributed by atoms with Crippen molar-refractivity contribution in [1.82, 2.24) is 0 Å². The maximum atomic E-state index is 12.1. The van der Waals surface area contributed by atoms with Crippen molar-refractivity contribution >= 4 is 5.97 Å². The number of carbonyl (C=O) groups excluding carboxylic acids is 1. The van der Waals surface area contributed by atoms with Gasteiger partial charge in [0.15, 0.2) is 0 Å². The molecular formula is C31H53O3. The first-order valence-corrected chi connectivity index (χ1v) is 14.5. The van der Waals surface area contributed by atoms with E-state index in [9.17, 15) is 4.79 Å². The van der Waals surface area contributed by atoms with Gasteiger partial charge in [-0.1, -0.05) is 142 Å². The standard InChI is InChI=1S/C31H53O3/c1-3-5-7-9-10-11-12-13-14-15-16-17-18-19-20-22-28-33-34-31(32)30-26-24-29(25-27-30)23-21-8-6-4-2/h24-27H,1,3-23,28H2,2H3. The van der Waals surface area contributed by atoms with E-state index in [-0.39, 0.29) is 0 Å². The maximum absolute atomic E-state index is 12.1. The van der Waals surface area contributed by atoms with Gasteiger partial charge >= 0.3 is 5.97 Å². The lowest BCUT2D eigenvalue weighted by molar-refractivity contribution is -0.241. The number of hydrogen-bond acceptors (Lipinski definition) is 3. The van der Waals surface area contributed by atoms with Crippen LogP contribution in [0.3, 0.4) is 0 Å². The number of aryl methyl sites for hydroxylation is 1. The predicted octanol–water partition coefficient (Wildman–Crippen LogP) is 9.97. The molecule has 3 heteroatoms. The van der Waals surface area contributed by atoms with Crippen LogP contribution in [0, 0.1) is 6.92 Å². The van der Waals surface area contributed by atoms with Crippen molar-refractivity contribution in [2.24, 2.45) is 0 Å². The summed E-state index contributed by atoms with van der Waals surface area (Å²) >= 11 is 0. The summed E-state index contributed by atoms with van der Waals surface area (Å²) in [7, 11) is 0. The molecular weight excluding hydrogens is 420 g/mol. The van der Waals surface area contributed by atoms with Crippen LogP contribution in [0.4, 0.5) is 0 Å². The zero-order valence-electron chi connectivity index (χ0n) is 22.3. The van der Waals surface area contributed by atoms with E-state index in [1.165, 1.54) is 115 Å². The summed E-state index contributed by atoms with van der Waals surface area (Å²) in [6, 6.07) is 7.73. The van der Waals surface area contributed by atoms with Crippen LogP contribution in [0.5, 0.6) is 0 Å². The van der Waals surface area contributed by atoms with E-state index in [1.54, 1.807) is 0 Å². The van der Waals surface area contributed by atoms with E-state index in [4.69, 9.17) is 9.78 Å². The van der Waals surface area contributed by atoms with E-state index in [1.807, 2.05) is 24.3 Å². The molecule has 0 unspecified atom stereocenters. The minimum atomic E-state index is -0.397. The van der Waals surface area contributed by atoms with Crippen molar-refractivity contribution in [1.29, 1.82) is 0 Å². The minimum Gasteiger partial charge on any atom is -0.293 e. The second-order valence-electron chi connectivity index (χ2n) is 9.86. The Balaban J connectivity index is 1.86. The third-order valence-corrected chi connectivity index (χ3v) is 6.62. The van der Waals surface area contributed by atoms with Gasteiger partial charge < -0.3 is 0 Å². The molecule has 0 amide bonds. The van der Waals surface area contributed by atoms with Crippen LogP contribution < -0.4 is 0 Å². The van der Waals surface area contributed by atoms with E-state index < -0.39 is 5.97 Å². The van der Waals surface area contributed by atoms with Gasteiger partial charge in [-0.05, 0) is 37.0 Å². The second-order valence-corrected chi connectivity index (χ2v) is 9.86. The number of benzene rings is 1. The molecule has 0 N–H and O–H groups in total. The number of unbranched alkanes of at least 4 members (excludes halogenated alkanes) is 18. The van der Waals surface area contributed by atoms with E-state index in [0.717, 1.165) is 25.7 Å². The first kappa shape index (κ1) is 30.7. The van der Waals surface area contributed by atoms with Crippen LogP contribution >= 0.6 is 0 Å². The molecule has 195 valence electrons. The van der Waals surface area contributed by atoms with Crippen molar-refractivity contribution in [3.05, 3.63) is 42.3 Å². The fourth-order valence-corrected chi connectivity index (χ4v) is 4.34. The summed E-state index contributed by atoms with van der Waals surface area (Å²) in [6.45, 7) is 6.61. The molecule has 0 atom stereocenters. The van der Waals surface area contributed by atoms with Gasteiger partial charge in [0.1, 0.15) is 0 Å². The first-order valence-electron chi connectivity index (χ1n) is 14.5. The van der Waals surface area contributed by atoms with Crippen LogP contribution in [0.15, 0.2) is 24.3 Å². The zero-order chi connectivity index (χ0) is 24.5. The van der Waals surface area contributed by atoms with Crippen LogP contribution in [0.2, 0.25) is 0 Å². The van der Waals surface area contributed by atoms with Gasteiger partial charge in [-0.15, -0.1) is 0 Å². The molecule has 0 aromatic heterocycles. The lowest BCUT2D eigenvalue weighted by Gasteiger charge is -2.06. The lowest BCUT2D eigenvalue weighted by atomic mass is 10.0. The molecule has 0 fully saturated rings. The van der Waals surface area contributed by atoms with E-state index in [0.29, 0.717) is 12.2 Å². The molecule has 34 heavy (non-hydrogen) atoms. The Bertz CT molecular complexity index is 567. The highest BCUT2D eigenvalue weighted by molar-refractivity contribution is 5.88. The van der Waals surface area contributed by atoms with Crippen molar-refractivity contribution in [3.8, 4) is 0 Å². The summed E-state index contributed by atoms with van der Waals surface area (Å²) in [5.74, 6) is -0.397. The van der Waals surface area contributed by atoms with Crippen LogP contribution in [-0.2, 0) is 16.2 Å². The first-order chi connectivity index (χ1) is 16.8. The highest BCUT2D eigenvalue weighted by atomic mass is 17.2. The van der Waals surface area contributed by atoms with Gasteiger partial charge in [-0.25, -0.2) is 4.79 Å². The predicted molar refractivity (Wildman–Crippen MR) is 145 cm³/mol. The number of rotatable bonds is 24. The topological polar surface area (TPSA) is 35.5 Å². The highest BCUT2D eigenvalue weighted by Crippen LogP contribution is 2.14. The van der Waals surface area contributed by atoms with Crippen LogP contribution in [-0.4, -0.2) is 12.6 Å². The Labute approximate surface area is 211 Å². The minimum absolute atomic E-state index is 0.397. The molecule has 1 aromatic rings. The molecule has 0 saturated heterocycles. The third-order valence-electron chi connectivity index (χ3n) is 6.62. The Hall–Kier alpha value is -1.35. The summed E-state index contributed by atoms with van der Waals surface area (Å²) in [4.78, 5) is 22.2. The summed E-state index contributed by atoms with van der Waals surface area (Å²) in [5, 5.41) is 0. The van der Waals surface area contributed by atoms with Gasteiger partial charge in [-0.2, -0.15) is 4.89 Å². The molecule has 1 radical (unpaired) electrons. The van der Waals surface area contributed by atoms with Gasteiger partial charge in [-0.3, -0.25) is 4.89 Å². The van der Waals surface area contributed by atoms with E-state index in [2.05, 4.69) is 13.8 Å². The zero-order valence-corrected chi connectivity index (χ0v) is 22.3. The Morgan fingerprint density at radius 3 is 1.62 bits per heavy atom. The maximum Gasteiger partial charge on any atom is 0.373 e. The molecule has 1 aromatic carbocycles. The molecule has 0 aliphatic carbocycles. The quantitative estimate of drug-likeness (QED) is 0.0851. The Morgan fingerprint density at radius 1 is 0.647 bits per heavy atom. The smallest absolute Gasteiger partial charge is 0.293 e. The third kappa shape index (κ3) is 18.0. The Kier molecular flexibility index (Phi) is 21.1. The fourth-order valence-electron chi connectivity index (χ4n) is 4.34. The summed E-state index contributed by atoms with van der Waals surface area (Å²) < 4.78 is 0. The van der Waals surface area contributed by atoms with Crippen molar-refractivity contribution in [2.75, 3.05) is 6.61 Å². The molecule has 0 heterocycles. The number of hydrogen-bond donors (Lipinski definition) is 0. The average molecular weight is 474 g/mol. The highest BCUT2D eigenvalue weighted by Gasteiger charge is 2.08. The SMILES string of the molecule is [CH2]CCCCCCCCCCCCCCCCCOOC(=O)c1ccc(CCCCCC)cc1. The summed E-state index contributed by atoms with van der Waals surface area (Å²) in [6.07, 6.45) is 27.0. The van der Waals surface area contributed by atoms with Gasteiger partial charge in [0.2, 0.25) is 0 Å². The molecule has 3 nitrogen and oxygen atoms in total. The molecule has 0 spiro atoms. The Morgan fingerprint density at radius 2 is 1.12 bits per heavy atom. The monoisotopic (exact) mass is 473 g/mol. The fraction of sp³-hybridized carbons (Fsp3) is 0.742. The van der Waals surface area contributed by atoms with Crippen molar-refractivity contribution in [2.45, 2.75) is 142 Å². The molecule has 0 aliphatic heterocycles. The largest absolute Gasteiger partial charge is 0.373 e. The van der Waals surface area contributed by atoms with E-state index >= 15 is 0 Å². The second kappa shape index (κ2) is 23.4. The summed E-state index contributed by atoms with van der Waals surface area (Å²) in [5.41, 5.74) is 1.84. The molecule has 1 rings (SSSR count). The van der Waals surface area contributed by atoms with Crippen LogP contribution in [0.1, 0.15) is 151 Å². The lowest BCUT2D eigenvalue weighted by Crippen LogP contribution is -2.07. The average Bonchev–Trinajstić information content (AvgIpc) is 2.86. The van der Waals surface area contributed by atoms with Crippen molar-refractivity contribution < 1.29 is 14.6 Å². The van der Waals surface area contributed by atoms with Crippen molar-refractivity contribution in [3.63, 3.8) is 0 Å². The molecule has 0 aliphatic rings. The van der Waals surface area contributed by atoms with Gasteiger partial charge in [0, 0.05) is 0 Å². The van der Waals surface area contributed by atoms with Gasteiger partial charge in [0.05, 0.1) is 12.2 Å². The molecule has 0 saturated carbocycles. The van der Waals surface area contributed by atoms with Gasteiger partial charge in [0.25, 0.3) is 0 Å².